The van der Waals surface area contributed by atoms with Crippen LogP contribution in [0.2, 0.25) is 0 Å². The summed E-state index contributed by atoms with van der Waals surface area (Å²) in [5, 5.41) is 22.8. The van der Waals surface area contributed by atoms with Crippen LogP contribution >= 0.6 is 0 Å². The van der Waals surface area contributed by atoms with Crippen molar-refractivity contribution >= 4 is 0 Å². The van der Waals surface area contributed by atoms with E-state index in [1.54, 1.807) is 0 Å². The topological polar surface area (TPSA) is 40.5 Å². The maximum absolute atomic E-state index is 11.8. The first-order chi connectivity index (χ1) is 14.6. The van der Waals surface area contributed by atoms with Crippen LogP contribution in [0.1, 0.15) is 120 Å². The molecule has 5 saturated carbocycles. The van der Waals surface area contributed by atoms with Gasteiger partial charge in [0.05, 0.1) is 11.7 Å². The minimum absolute atomic E-state index is 0.162. The van der Waals surface area contributed by atoms with Crippen molar-refractivity contribution in [3.05, 3.63) is 0 Å². The lowest BCUT2D eigenvalue weighted by molar-refractivity contribution is -0.268. The lowest BCUT2D eigenvalue weighted by Gasteiger charge is -2.73. The zero-order valence-corrected chi connectivity index (χ0v) is 22.4. The molecule has 0 amide bonds. The van der Waals surface area contributed by atoms with Gasteiger partial charge in [-0.05, 0) is 128 Å². The number of aliphatic hydroxyl groups excluding tert-OH is 1. The standard InChI is InChI=1S/C30H52O2/c1-25(2)14-9-15-28(6)23-11-10-22-27(5)16-12-19(26(3,4)32)20(27)13-17-29(22,7)30(23,8)18-21(31)24(25)28/h19-24,31-32H,9-18H2,1-8H3/t19-,20-,21-,22-,23+,24-,27-,28+,29+,30+/m0/s1. The van der Waals surface area contributed by atoms with Crippen LogP contribution in [0, 0.1) is 56.7 Å². The Morgan fingerprint density at radius 1 is 0.719 bits per heavy atom. The van der Waals surface area contributed by atoms with Gasteiger partial charge in [0.25, 0.3) is 0 Å². The molecule has 10 atom stereocenters. The fourth-order valence-electron chi connectivity index (χ4n) is 12.3. The highest BCUT2D eigenvalue weighted by Crippen LogP contribution is 2.78. The Hall–Kier alpha value is -0.0800. The van der Waals surface area contributed by atoms with Crippen LogP contribution in [0.15, 0.2) is 0 Å². The Labute approximate surface area is 198 Å². The maximum Gasteiger partial charge on any atom is 0.0622 e. The summed E-state index contributed by atoms with van der Waals surface area (Å²) in [5.74, 6) is 3.01. The van der Waals surface area contributed by atoms with Gasteiger partial charge in [-0.2, -0.15) is 0 Å². The molecule has 0 saturated heterocycles. The van der Waals surface area contributed by atoms with E-state index < -0.39 is 5.60 Å². The SMILES string of the molecule is CC(C)(O)[C@H]1CC[C@@]2(C)[C@H]1CC[C@]1(C)[C@H]2CC[C@@H]2[C@@]3(C)CCCC(C)(C)[C@@H]3[C@@H](O)C[C@]21C. The number of fused-ring (bicyclic) bond motifs is 7. The van der Waals surface area contributed by atoms with E-state index in [-0.39, 0.29) is 22.3 Å². The quantitative estimate of drug-likeness (QED) is 0.448. The molecule has 0 heterocycles. The van der Waals surface area contributed by atoms with Crippen molar-refractivity contribution < 1.29 is 10.2 Å². The predicted molar refractivity (Wildman–Crippen MR) is 132 cm³/mol. The van der Waals surface area contributed by atoms with Crippen LogP contribution in [-0.2, 0) is 0 Å². The number of hydrogen-bond acceptors (Lipinski definition) is 2. The van der Waals surface area contributed by atoms with Crippen molar-refractivity contribution in [3.63, 3.8) is 0 Å². The van der Waals surface area contributed by atoms with Gasteiger partial charge < -0.3 is 10.2 Å². The molecule has 32 heavy (non-hydrogen) atoms. The van der Waals surface area contributed by atoms with Crippen LogP contribution < -0.4 is 0 Å². The van der Waals surface area contributed by atoms with E-state index in [0.717, 1.165) is 18.3 Å². The third-order valence-corrected chi connectivity index (χ3v) is 13.5. The van der Waals surface area contributed by atoms with Crippen LogP contribution in [0.3, 0.4) is 0 Å². The minimum atomic E-state index is -0.563. The lowest BCUT2D eigenvalue weighted by Crippen LogP contribution is -2.68. The Morgan fingerprint density at radius 3 is 1.97 bits per heavy atom. The third-order valence-electron chi connectivity index (χ3n) is 13.5. The van der Waals surface area contributed by atoms with E-state index in [0.29, 0.717) is 28.6 Å². The Bertz CT molecular complexity index is 765. The summed E-state index contributed by atoms with van der Waals surface area (Å²) in [5.41, 5.74) is 0.819. The van der Waals surface area contributed by atoms with E-state index in [9.17, 15) is 10.2 Å². The largest absolute Gasteiger partial charge is 0.393 e. The molecule has 0 aliphatic heterocycles. The highest BCUT2D eigenvalue weighted by Gasteiger charge is 2.72. The molecule has 5 aliphatic rings. The predicted octanol–water partition coefficient (Wildman–Crippen LogP) is 7.22. The normalized spacial score (nSPS) is 57.2. The van der Waals surface area contributed by atoms with Crippen molar-refractivity contribution in [2.45, 2.75) is 131 Å². The first-order valence-corrected chi connectivity index (χ1v) is 14.0. The first-order valence-electron chi connectivity index (χ1n) is 14.0. The Balaban J connectivity index is 1.54. The number of rotatable bonds is 1. The van der Waals surface area contributed by atoms with Gasteiger partial charge in [-0.1, -0.05) is 48.0 Å². The van der Waals surface area contributed by atoms with Crippen molar-refractivity contribution in [1.29, 1.82) is 0 Å². The zero-order chi connectivity index (χ0) is 23.5. The average molecular weight is 445 g/mol. The average Bonchev–Trinajstić information content (AvgIpc) is 2.98. The molecule has 2 N–H and O–H groups in total. The molecule has 5 rings (SSSR count). The Morgan fingerprint density at radius 2 is 1.34 bits per heavy atom. The zero-order valence-electron chi connectivity index (χ0n) is 22.4. The monoisotopic (exact) mass is 444 g/mol. The van der Waals surface area contributed by atoms with Gasteiger partial charge in [0.1, 0.15) is 0 Å². The van der Waals surface area contributed by atoms with Crippen molar-refractivity contribution in [1.82, 2.24) is 0 Å². The molecular formula is C30H52O2. The molecule has 0 bridgehead atoms. The number of hydrogen-bond donors (Lipinski definition) is 2. The first kappa shape index (κ1) is 23.7. The molecular weight excluding hydrogens is 392 g/mol. The molecule has 5 aliphatic carbocycles. The fourth-order valence-corrected chi connectivity index (χ4v) is 12.3. The van der Waals surface area contributed by atoms with Crippen LogP contribution in [0.25, 0.3) is 0 Å². The van der Waals surface area contributed by atoms with E-state index in [4.69, 9.17) is 0 Å². The van der Waals surface area contributed by atoms with E-state index in [1.807, 2.05) is 0 Å². The minimum Gasteiger partial charge on any atom is -0.393 e. The second-order valence-corrected chi connectivity index (χ2v) is 15.6. The van der Waals surface area contributed by atoms with Gasteiger partial charge in [-0.3, -0.25) is 0 Å². The Kier molecular flexibility index (Phi) is 5.01. The molecule has 5 fully saturated rings. The summed E-state index contributed by atoms with van der Waals surface area (Å²) in [6, 6.07) is 0. The summed E-state index contributed by atoms with van der Waals surface area (Å²) in [7, 11) is 0. The molecule has 0 aromatic rings. The van der Waals surface area contributed by atoms with Gasteiger partial charge in [-0.15, -0.1) is 0 Å². The van der Waals surface area contributed by atoms with Crippen molar-refractivity contribution in [2.75, 3.05) is 0 Å². The van der Waals surface area contributed by atoms with Gasteiger partial charge in [-0.25, -0.2) is 0 Å². The molecule has 0 aromatic heterocycles. The molecule has 2 heteroatoms. The summed E-state index contributed by atoms with van der Waals surface area (Å²) in [6.07, 6.45) is 12.5. The number of aliphatic hydroxyl groups is 2. The highest BCUT2D eigenvalue weighted by molar-refractivity contribution is 5.20. The molecule has 0 unspecified atom stereocenters. The fraction of sp³-hybridized carbons (Fsp3) is 1.00. The molecule has 0 spiro atoms. The maximum atomic E-state index is 11.8. The van der Waals surface area contributed by atoms with Crippen molar-refractivity contribution in [3.8, 4) is 0 Å². The third kappa shape index (κ3) is 2.78. The lowest BCUT2D eigenvalue weighted by atomic mass is 9.31. The second-order valence-electron chi connectivity index (χ2n) is 15.6. The van der Waals surface area contributed by atoms with Gasteiger partial charge in [0.15, 0.2) is 0 Å². The molecule has 184 valence electrons. The molecule has 2 nitrogen and oxygen atoms in total. The second kappa shape index (κ2) is 6.77. The van der Waals surface area contributed by atoms with Crippen LogP contribution in [-0.4, -0.2) is 21.9 Å². The summed E-state index contributed by atoms with van der Waals surface area (Å²) in [4.78, 5) is 0. The van der Waals surface area contributed by atoms with E-state index in [1.165, 1.54) is 57.8 Å². The molecule has 0 radical (unpaired) electrons. The van der Waals surface area contributed by atoms with E-state index in [2.05, 4.69) is 55.4 Å². The molecule has 0 aromatic carbocycles. The van der Waals surface area contributed by atoms with Gasteiger partial charge in [0, 0.05) is 0 Å². The smallest absolute Gasteiger partial charge is 0.0622 e. The van der Waals surface area contributed by atoms with Crippen LogP contribution in [0.4, 0.5) is 0 Å². The van der Waals surface area contributed by atoms with Gasteiger partial charge >= 0.3 is 0 Å². The van der Waals surface area contributed by atoms with Crippen LogP contribution in [0.5, 0.6) is 0 Å². The van der Waals surface area contributed by atoms with E-state index >= 15 is 0 Å². The highest BCUT2D eigenvalue weighted by atomic mass is 16.3. The summed E-state index contributed by atoms with van der Waals surface area (Å²) in [6.45, 7) is 19.4. The van der Waals surface area contributed by atoms with Crippen molar-refractivity contribution in [2.24, 2.45) is 56.7 Å². The summed E-state index contributed by atoms with van der Waals surface area (Å²) >= 11 is 0. The van der Waals surface area contributed by atoms with Gasteiger partial charge in [0.2, 0.25) is 0 Å². The summed E-state index contributed by atoms with van der Waals surface area (Å²) < 4.78 is 0.